The van der Waals surface area contributed by atoms with Crippen molar-refractivity contribution < 1.29 is 21.4 Å². The zero-order valence-electron chi connectivity index (χ0n) is 7.30. The molecule has 0 heterocycles. The molecule has 8 heteroatoms. The second-order valence-electron chi connectivity index (χ2n) is 2.67. The summed E-state index contributed by atoms with van der Waals surface area (Å²) in [5.74, 6) is -0.380. The van der Waals surface area contributed by atoms with E-state index in [1.54, 1.807) is 0 Å². The third kappa shape index (κ3) is 6.30. The van der Waals surface area contributed by atoms with Gasteiger partial charge < -0.3 is 0 Å². The molecule has 0 spiro atoms. The Kier molecular flexibility index (Phi) is 4.70. The van der Waals surface area contributed by atoms with E-state index >= 15 is 0 Å². The maximum Gasteiger partial charge on any atom is 0.319 e. The minimum absolute atomic E-state index is 0.140. The molecular formula is C5H12O5S3. The van der Waals surface area contributed by atoms with Gasteiger partial charge in [0.1, 0.15) is 0 Å². The zero-order chi connectivity index (χ0) is 10.7. The Bertz CT molecular complexity index is 338. The van der Waals surface area contributed by atoms with Crippen molar-refractivity contribution in [3.63, 3.8) is 0 Å². The normalized spacial score (nSPS) is 13.5. The largest absolute Gasteiger partial charge is 0.319 e. The van der Waals surface area contributed by atoms with Crippen molar-refractivity contribution in [2.75, 3.05) is 11.5 Å². The molecule has 0 saturated carbocycles. The number of sulfone groups is 1. The van der Waals surface area contributed by atoms with Gasteiger partial charge in [0, 0.05) is 5.75 Å². The van der Waals surface area contributed by atoms with Crippen LogP contribution in [0.5, 0.6) is 0 Å². The fourth-order valence-electron chi connectivity index (χ4n) is 0.491. The fraction of sp³-hybridized carbons (Fsp3) is 1.00. The molecule has 0 unspecified atom stereocenters. The lowest BCUT2D eigenvalue weighted by Crippen LogP contribution is -2.19. The molecule has 0 atom stereocenters. The average Bonchev–Trinajstić information content (AvgIpc) is 1.82. The van der Waals surface area contributed by atoms with Crippen LogP contribution in [0.1, 0.15) is 13.8 Å². The van der Waals surface area contributed by atoms with Gasteiger partial charge in [0.05, 0.1) is 11.0 Å². The van der Waals surface area contributed by atoms with Gasteiger partial charge in [-0.05, 0) is 24.6 Å². The highest BCUT2D eigenvalue weighted by atomic mass is 33.1. The maximum absolute atomic E-state index is 11.1. The summed E-state index contributed by atoms with van der Waals surface area (Å²) >= 11 is 0. The molecule has 0 aliphatic heterocycles. The van der Waals surface area contributed by atoms with E-state index in [0.717, 1.165) is 0 Å². The molecule has 0 radical (unpaired) electrons. The van der Waals surface area contributed by atoms with Crippen molar-refractivity contribution >= 4 is 29.8 Å². The lowest BCUT2D eigenvalue weighted by molar-refractivity contribution is 0.503. The van der Waals surface area contributed by atoms with Crippen LogP contribution in [0.15, 0.2) is 0 Å². The molecule has 0 aliphatic carbocycles. The average molecular weight is 248 g/mol. The van der Waals surface area contributed by atoms with Gasteiger partial charge in [-0.1, -0.05) is 0 Å². The monoisotopic (exact) mass is 248 g/mol. The summed E-state index contributed by atoms with van der Waals surface area (Å²) < 4.78 is 51.0. The Hall–Kier alpha value is 0.210. The third-order valence-corrected chi connectivity index (χ3v) is 5.85. The lowest BCUT2D eigenvalue weighted by Gasteiger charge is -2.05. The van der Waals surface area contributed by atoms with Crippen LogP contribution in [0, 0.1) is 0 Å². The molecule has 0 aromatic heterocycles. The second-order valence-corrected chi connectivity index (χ2v) is 8.81. The van der Waals surface area contributed by atoms with Crippen LogP contribution >= 0.6 is 10.8 Å². The van der Waals surface area contributed by atoms with Gasteiger partial charge in [-0.3, -0.25) is 4.55 Å². The van der Waals surface area contributed by atoms with Crippen LogP contribution in [0.2, 0.25) is 0 Å². The molecule has 0 aliphatic rings. The fourth-order valence-corrected chi connectivity index (χ4v) is 3.62. The Morgan fingerprint density at radius 3 is 2.00 bits per heavy atom. The third-order valence-electron chi connectivity index (χ3n) is 1.32. The van der Waals surface area contributed by atoms with E-state index in [9.17, 15) is 16.8 Å². The first-order chi connectivity index (χ1) is 5.65. The van der Waals surface area contributed by atoms with E-state index < -0.39 is 24.2 Å². The van der Waals surface area contributed by atoms with Crippen molar-refractivity contribution in [2.24, 2.45) is 0 Å². The highest BCUT2D eigenvalue weighted by molar-refractivity contribution is 8.70. The van der Waals surface area contributed by atoms with Gasteiger partial charge in [0.15, 0.2) is 9.84 Å². The SMILES string of the molecule is CC(C)S(=O)(=O)CCSS(=O)(=O)O. The van der Waals surface area contributed by atoms with Crippen molar-refractivity contribution in [1.29, 1.82) is 0 Å². The maximum atomic E-state index is 11.1. The van der Waals surface area contributed by atoms with E-state index in [1.807, 2.05) is 0 Å². The van der Waals surface area contributed by atoms with Crippen LogP contribution in [0.3, 0.4) is 0 Å². The predicted molar refractivity (Wildman–Crippen MR) is 52.9 cm³/mol. The minimum Gasteiger partial charge on any atom is -0.277 e. The number of hydrogen-bond acceptors (Lipinski definition) is 5. The van der Waals surface area contributed by atoms with Gasteiger partial charge >= 0.3 is 9.15 Å². The molecule has 1 N–H and O–H groups in total. The first-order valence-electron chi connectivity index (χ1n) is 3.48. The Morgan fingerprint density at radius 1 is 1.23 bits per heavy atom. The van der Waals surface area contributed by atoms with Crippen LogP contribution in [0.4, 0.5) is 0 Å². The summed E-state index contributed by atoms with van der Waals surface area (Å²) in [7, 11) is -7.11. The Labute approximate surface area is 82.0 Å². The molecule has 0 saturated heterocycles. The standard InChI is InChI=1S/C5H12O5S3/c1-5(2)12(6,7)4-3-11-13(8,9)10/h5H,3-4H2,1-2H3,(H,8,9,10). The van der Waals surface area contributed by atoms with Crippen molar-refractivity contribution in [2.45, 2.75) is 19.1 Å². The molecule has 0 bridgehead atoms. The quantitative estimate of drug-likeness (QED) is 0.557. The van der Waals surface area contributed by atoms with Crippen molar-refractivity contribution in [3.8, 4) is 0 Å². The summed E-state index contributed by atoms with van der Waals surface area (Å²) in [5.41, 5.74) is 0. The summed E-state index contributed by atoms with van der Waals surface area (Å²) in [5, 5.41) is -0.519. The molecule has 0 aromatic rings. The minimum atomic E-state index is -4.12. The summed E-state index contributed by atoms with van der Waals surface area (Å²) in [6.45, 7) is 3.04. The van der Waals surface area contributed by atoms with E-state index in [4.69, 9.17) is 4.55 Å². The van der Waals surface area contributed by atoms with Crippen LogP contribution in [-0.4, -0.2) is 38.1 Å². The van der Waals surface area contributed by atoms with E-state index in [2.05, 4.69) is 0 Å². The Balaban J connectivity index is 4.07. The molecule has 5 nitrogen and oxygen atoms in total. The zero-order valence-corrected chi connectivity index (χ0v) is 9.75. The second kappa shape index (κ2) is 4.63. The Morgan fingerprint density at radius 2 is 1.69 bits per heavy atom. The highest BCUT2D eigenvalue weighted by Crippen LogP contribution is 2.11. The van der Waals surface area contributed by atoms with Crippen LogP contribution in [-0.2, 0) is 19.0 Å². The molecule has 0 aromatic carbocycles. The van der Waals surface area contributed by atoms with Crippen LogP contribution in [0.25, 0.3) is 0 Å². The first-order valence-corrected chi connectivity index (χ1v) is 8.14. The smallest absolute Gasteiger partial charge is 0.277 e. The van der Waals surface area contributed by atoms with Gasteiger partial charge in [0.25, 0.3) is 0 Å². The molecular weight excluding hydrogens is 236 g/mol. The summed E-state index contributed by atoms with van der Waals surface area (Å²) in [4.78, 5) is 0. The molecule has 0 fully saturated rings. The first kappa shape index (κ1) is 13.2. The number of rotatable bonds is 5. The molecule has 13 heavy (non-hydrogen) atoms. The van der Waals surface area contributed by atoms with Crippen LogP contribution < -0.4 is 0 Å². The van der Waals surface area contributed by atoms with Gasteiger partial charge in [-0.25, -0.2) is 8.42 Å². The molecule has 0 rings (SSSR count). The molecule has 80 valence electrons. The topological polar surface area (TPSA) is 88.5 Å². The predicted octanol–water partition coefficient (Wildman–Crippen LogP) is 0.346. The summed E-state index contributed by atoms with van der Waals surface area (Å²) in [6, 6.07) is 0. The van der Waals surface area contributed by atoms with Gasteiger partial charge in [-0.15, -0.1) is 0 Å². The molecule has 0 amide bonds. The summed E-state index contributed by atoms with van der Waals surface area (Å²) in [6.07, 6.45) is 0. The van der Waals surface area contributed by atoms with Gasteiger partial charge in [0.2, 0.25) is 0 Å². The lowest BCUT2D eigenvalue weighted by atomic mass is 10.6. The number of hydrogen-bond donors (Lipinski definition) is 1. The van der Waals surface area contributed by atoms with E-state index in [1.165, 1.54) is 13.8 Å². The van der Waals surface area contributed by atoms with Crippen molar-refractivity contribution in [1.82, 2.24) is 0 Å². The van der Waals surface area contributed by atoms with E-state index in [0.29, 0.717) is 0 Å². The highest BCUT2D eigenvalue weighted by Gasteiger charge is 2.17. The van der Waals surface area contributed by atoms with Gasteiger partial charge in [-0.2, -0.15) is 8.42 Å². The van der Waals surface area contributed by atoms with Crippen molar-refractivity contribution in [3.05, 3.63) is 0 Å². The van der Waals surface area contributed by atoms with E-state index in [-0.39, 0.29) is 22.3 Å².